The van der Waals surface area contributed by atoms with Crippen molar-refractivity contribution in [2.45, 2.75) is 6.10 Å². The van der Waals surface area contributed by atoms with E-state index >= 15 is 0 Å². The van der Waals surface area contributed by atoms with Crippen LogP contribution in [0.1, 0.15) is 9.67 Å². The van der Waals surface area contributed by atoms with Crippen LogP contribution in [-0.2, 0) is 4.79 Å². The first-order valence-corrected chi connectivity index (χ1v) is 7.84. The minimum Gasteiger partial charge on any atom is -0.477 e. The van der Waals surface area contributed by atoms with Crippen molar-refractivity contribution in [3.8, 4) is 5.75 Å². The molecule has 0 fully saturated rings. The molecule has 1 aliphatic heterocycles. The van der Waals surface area contributed by atoms with Crippen molar-refractivity contribution in [3.05, 3.63) is 45.6 Å². The van der Waals surface area contributed by atoms with E-state index in [0.29, 0.717) is 20.7 Å². The van der Waals surface area contributed by atoms with Gasteiger partial charge in [-0.3, -0.25) is 14.5 Å². The molecule has 1 N–H and O–H groups in total. The van der Waals surface area contributed by atoms with E-state index in [1.54, 1.807) is 35.2 Å². The van der Waals surface area contributed by atoms with Gasteiger partial charge in [0.15, 0.2) is 6.10 Å². The number of fused-ring (bicyclic) bond motifs is 1. The van der Waals surface area contributed by atoms with Crippen molar-refractivity contribution >= 4 is 40.4 Å². The fraction of sp³-hybridized carbons (Fsp3) is 0.200. The topological polar surface area (TPSA) is 58.6 Å². The Balaban J connectivity index is 1.98. The van der Waals surface area contributed by atoms with Crippen molar-refractivity contribution in [2.75, 3.05) is 18.5 Å². The van der Waals surface area contributed by atoms with Crippen LogP contribution in [0, 0.1) is 0 Å². The van der Waals surface area contributed by atoms with Gasteiger partial charge in [0.25, 0.3) is 11.8 Å². The molecule has 0 radical (unpaired) electrons. The summed E-state index contributed by atoms with van der Waals surface area (Å²) in [5.41, 5.74) is 0.650. The van der Waals surface area contributed by atoms with Crippen molar-refractivity contribution in [1.82, 2.24) is 5.32 Å². The summed E-state index contributed by atoms with van der Waals surface area (Å²) in [7, 11) is 1.54. The lowest BCUT2D eigenvalue weighted by Gasteiger charge is -2.33. The van der Waals surface area contributed by atoms with Crippen LogP contribution in [0.3, 0.4) is 0 Å². The van der Waals surface area contributed by atoms with Crippen LogP contribution in [0.4, 0.5) is 5.69 Å². The number of hydrogen-bond donors (Lipinski definition) is 1. The Kier molecular flexibility index (Phi) is 4.04. The Bertz CT molecular complexity index is 731. The van der Waals surface area contributed by atoms with E-state index in [9.17, 15) is 9.59 Å². The quantitative estimate of drug-likeness (QED) is 0.917. The Morgan fingerprint density at radius 1 is 1.32 bits per heavy atom. The predicted octanol–water partition coefficient (Wildman–Crippen LogP) is 2.56. The van der Waals surface area contributed by atoms with Gasteiger partial charge in [0.1, 0.15) is 5.75 Å². The number of carbonyl (C=O) groups excluding carboxylic acids is 2. The normalized spacial score (nSPS) is 16.6. The van der Waals surface area contributed by atoms with Crippen LogP contribution in [0.15, 0.2) is 36.4 Å². The van der Waals surface area contributed by atoms with Gasteiger partial charge in [-0.1, -0.05) is 23.7 Å². The van der Waals surface area contributed by atoms with Crippen molar-refractivity contribution in [1.29, 1.82) is 0 Å². The van der Waals surface area contributed by atoms with Crippen LogP contribution >= 0.6 is 22.9 Å². The Morgan fingerprint density at radius 2 is 2.09 bits per heavy atom. The number of carbonyl (C=O) groups is 2. The molecule has 1 aromatic carbocycles. The second-order valence-corrected chi connectivity index (χ2v) is 6.42. The number of thiophene rings is 1. The third kappa shape index (κ3) is 2.67. The molecule has 1 aliphatic rings. The van der Waals surface area contributed by atoms with Crippen LogP contribution in [-0.4, -0.2) is 31.5 Å². The molecule has 2 aromatic rings. The molecule has 22 heavy (non-hydrogen) atoms. The van der Waals surface area contributed by atoms with Gasteiger partial charge < -0.3 is 10.1 Å². The average molecular weight is 337 g/mol. The SMILES string of the molecule is CNC(=O)[C@H]1CN(C(=O)c2ccc(Cl)s2)c2ccccc2O1. The lowest BCUT2D eigenvalue weighted by atomic mass is 10.1. The summed E-state index contributed by atoms with van der Waals surface area (Å²) >= 11 is 7.12. The number of hydrogen-bond acceptors (Lipinski definition) is 4. The first kappa shape index (κ1) is 14.9. The number of nitrogens with zero attached hydrogens (tertiary/aromatic N) is 1. The summed E-state index contributed by atoms with van der Waals surface area (Å²) in [6.45, 7) is 0.158. The maximum Gasteiger partial charge on any atom is 0.268 e. The predicted molar refractivity (Wildman–Crippen MR) is 85.9 cm³/mol. The Morgan fingerprint density at radius 3 is 2.77 bits per heavy atom. The number of halogens is 1. The Labute approximate surface area is 136 Å². The molecule has 2 amide bonds. The second kappa shape index (κ2) is 5.98. The molecular weight excluding hydrogens is 324 g/mol. The highest BCUT2D eigenvalue weighted by Crippen LogP contribution is 2.35. The highest BCUT2D eigenvalue weighted by atomic mass is 35.5. The molecule has 1 aromatic heterocycles. The molecule has 114 valence electrons. The van der Waals surface area contributed by atoms with E-state index < -0.39 is 6.10 Å². The number of para-hydroxylation sites is 2. The lowest BCUT2D eigenvalue weighted by Crippen LogP contribution is -2.50. The third-order valence-electron chi connectivity index (χ3n) is 3.34. The van der Waals surface area contributed by atoms with E-state index in [1.165, 1.54) is 18.4 Å². The zero-order valence-corrected chi connectivity index (χ0v) is 13.3. The van der Waals surface area contributed by atoms with Gasteiger partial charge >= 0.3 is 0 Å². The number of nitrogens with one attached hydrogen (secondary N) is 1. The highest BCUT2D eigenvalue weighted by Gasteiger charge is 2.34. The first-order valence-electron chi connectivity index (χ1n) is 6.64. The maximum absolute atomic E-state index is 12.7. The minimum atomic E-state index is -0.737. The summed E-state index contributed by atoms with van der Waals surface area (Å²) < 4.78 is 6.23. The van der Waals surface area contributed by atoms with E-state index in [1.807, 2.05) is 6.07 Å². The zero-order valence-electron chi connectivity index (χ0n) is 11.7. The number of ether oxygens (including phenoxy) is 1. The van der Waals surface area contributed by atoms with E-state index in [-0.39, 0.29) is 18.4 Å². The molecule has 3 rings (SSSR count). The van der Waals surface area contributed by atoms with Gasteiger partial charge in [-0.05, 0) is 24.3 Å². The molecule has 0 bridgehead atoms. The van der Waals surface area contributed by atoms with E-state index in [4.69, 9.17) is 16.3 Å². The first-order chi connectivity index (χ1) is 10.6. The maximum atomic E-state index is 12.7. The van der Waals surface area contributed by atoms with Gasteiger partial charge in [0.05, 0.1) is 21.4 Å². The summed E-state index contributed by atoms with van der Waals surface area (Å²) in [5.74, 6) is 0.0522. The van der Waals surface area contributed by atoms with Gasteiger partial charge in [-0.2, -0.15) is 0 Å². The molecular formula is C15H13ClN2O3S. The molecule has 2 heterocycles. The van der Waals surface area contributed by atoms with Crippen LogP contribution in [0.25, 0.3) is 0 Å². The van der Waals surface area contributed by atoms with Gasteiger partial charge in [-0.25, -0.2) is 0 Å². The van der Waals surface area contributed by atoms with E-state index in [0.717, 1.165) is 0 Å². The van der Waals surface area contributed by atoms with Crippen molar-refractivity contribution < 1.29 is 14.3 Å². The minimum absolute atomic E-state index is 0.158. The zero-order chi connectivity index (χ0) is 15.7. The fourth-order valence-electron chi connectivity index (χ4n) is 2.29. The third-order valence-corrected chi connectivity index (χ3v) is 4.56. The molecule has 0 saturated carbocycles. The second-order valence-electron chi connectivity index (χ2n) is 4.71. The van der Waals surface area contributed by atoms with Crippen LogP contribution in [0.5, 0.6) is 5.75 Å². The number of rotatable bonds is 2. The van der Waals surface area contributed by atoms with Crippen LogP contribution < -0.4 is 15.0 Å². The van der Waals surface area contributed by atoms with Crippen molar-refractivity contribution in [3.63, 3.8) is 0 Å². The highest BCUT2D eigenvalue weighted by molar-refractivity contribution is 7.18. The Hall–Kier alpha value is -2.05. The average Bonchev–Trinajstić information content (AvgIpc) is 2.98. The van der Waals surface area contributed by atoms with Gasteiger partial charge in [-0.15, -0.1) is 11.3 Å². The summed E-state index contributed by atoms with van der Waals surface area (Å²) in [4.78, 5) is 26.7. The number of amides is 2. The number of likely N-dealkylation sites (N-methyl/N-ethyl adjacent to an activating group) is 1. The van der Waals surface area contributed by atoms with E-state index in [2.05, 4.69) is 5.32 Å². The standard InChI is InChI=1S/C15H13ClN2O3S/c1-17-14(19)11-8-18(9-4-2-3-5-10(9)21-11)15(20)12-6-7-13(16)22-12/h2-7,11H,8H2,1H3,(H,17,19)/t11-/m1/s1. The molecule has 0 saturated heterocycles. The molecule has 0 unspecified atom stereocenters. The monoisotopic (exact) mass is 336 g/mol. The fourth-order valence-corrected chi connectivity index (χ4v) is 3.28. The number of anilines is 1. The van der Waals surface area contributed by atoms with Gasteiger partial charge in [0, 0.05) is 7.05 Å². The van der Waals surface area contributed by atoms with Crippen molar-refractivity contribution in [2.24, 2.45) is 0 Å². The largest absolute Gasteiger partial charge is 0.477 e. The molecule has 1 atom stereocenters. The summed E-state index contributed by atoms with van der Waals surface area (Å²) in [6, 6.07) is 10.5. The summed E-state index contributed by atoms with van der Waals surface area (Å²) in [6.07, 6.45) is -0.737. The molecule has 7 heteroatoms. The summed E-state index contributed by atoms with van der Waals surface area (Å²) in [5, 5.41) is 2.55. The molecule has 0 spiro atoms. The van der Waals surface area contributed by atoms with Crippen LogP contribution in [0.2, 0.25) is 4.34 Å². The smallest absolute Gasteiger partial charge is 0.268 e. The molecule has 5 nitrogen and oxygen atoms in total. The molecule has 0 aliphatic carbocycles. The van der Waals surface area contributed by atoms with Gasteiger partial charge in [0.2, 0.25) is 0 Å². The lowest BCUT2D eigenvalue weighted by molar-refractivity contribution is -0.127. The number of benzene rings is 1.